The van der Waals surface area contributed by atoms with E-state index in [4.69, 9.17) is 28.3 Å². The first kappa shape index (κ1) is 15.6. The van der Waals surface area contributed by atoms with Gasteiger partial charge in [0.05, 0.1) is 15.7 Å². The van der Waals surface area contributed by atoms with Gasteiger partial charge in [0.1, 0.15) is 6.04 Å². The van der Waals surface area contributed by atoms with E-state index in [0.29, 0.717) is 12.8 Å². The Balaban J connectivity index is 2.72. The van der Waals surface area contributed by atoms with Crippen molar-refractivity contribution in [3.8, 4) is 0 Å². The zero-order valence-corrected chi connectivity index (χ0v) is 11.8. The number of benzene rings is 1. The summed E-state index contributed by atoms with van der Waals surface area (Å²) in [6, 6.07) is 3.19. The van der Waals surface area contributed by atoms with Gasteiger partial charge >= 0.3 is 12.0 Å². The Kier molecular flexibility index (Phi) is 5.92. The second-order valence-electron chi connectivity index (χ2n) is 3.87. The summed E-state index contributed by atoms with van der Waals surface area (Å²) in [5.41, 5.74) is 0.254. The summed E-state index contributed by atoms with van der Waals surface area (Å²) in [6.45, 7) is 1.83. The molecule has 0 saturated carbocycles. The van der Waals surface area contributed by atoms with Crippen molar-refractivity contribution >= 4 is 40.9 Å². The Morgan fingerprint density at radius 2 is 1.89 bits per heavy atom. The predicted octanol–water partition coefficient (Wildman–Crippen LogP) is 3.37. The monoisotopic (exact) mass is 304 g/mol. The molecule has 3 N–H and O–H groups in total. The first-order chi connectivity index (χ1) is 8.95. The molecule has 0 bridgehead atoms. The molecule has 0 aromatic heterocycles. The molecule has 0 fully saturated rings. The third-order valence-corrected chi connectivity index (χ3v) is 3.01. The standard InChI is InChI=1S/C12H14Cl2N2O3/c1-2-4-9(11(17)18)15-12(19)16-10-7(13)5-3-6-8(10)14/h3,5-6,9H,2,4H2,1H3,(H,17,18)(H2,15,16,19). The fourth-order valence-electron chi connectivity index (χ4n) is 1.47. The average Bonchev–Trinajstić information content (AvgIpc) is 2.33. The SMILES string of the molecule is CCCC(NC(=O)Nc1c(Cl)cccc1Cl)C(=O)O. The van der Waals surface area contributed by atoms with Crippen molar-refractivity contribution in [2.75, 3.05) is 5.32 Å². The van der Waals surface area contributed by atoms with Crippen LogP contribution in [0.4, 0.5) is 10.5 Å². The topological polar surface area (TPSA) is 78.4 Å². The smallest absolute Gasteiger partial charge is 0.326 e. The van der Waals surface area contributed by atoms with Crippen LogP contribution in [0.3, 0.4) is 0 Å². The fourth-order valence-corrected chi connectivity index (χ4v) is 1.96. The van der Waals surface area contributed by atoms with Crippen molar-refractivity contribution in [1.82, 2.24) is 5.32 Å². The van der Waals surface area contributed by atoms with Crippen LogP contribution in [0.25, 0.3) is 0 Å². The van der Waals surface area contributed by atoms with Crippen LogP contribution in [0.15, 0.2) is 18.2 Å². The van der Waals surface area contributed by atoms with Crippen LogP contribution in [0, 0.1) is 0 Å². The number of nitrogens with one attached hydrogen (secondary N) is 2. The van der Waals surface area contributed by atoms with Gasteiger partial charge in [0, 0.05) is 0 Å². The zero-order valence-electron chi connectivity index (χ0n) is 10.2. The number of halogens is 2. The van der Waals surface area contributed by atoms with Crippen molar-refractivity contribution in [2.45, 2.75) is 25.8 Å². The molecule has 7 heteroatoms. The highest BCUT2D eigenvalue weighted by molar-refractivity contribution is 6.39. The number of hydrogen-bond acceptors (Lipinski definition) is 2. The molecule has 0 aliphatic rings. The van der Waals surface area contributed by atoms with Crippen molar-refractivity contribution in [3.63, 3.8) is 0 Å². The molecule has 0 spiro atoms. The van der Waals surface area contributed by atoms with Gasteiger partial charge in [0.15, 0.2) is 0 Å². The van der Waals surface area contributed by atoms with Crippen molar-refractivity contribution < 1.29 is 14.7 Å². The summed E-state index contributed by atoms with van der Waals surface area (Å²) in [5.74, 6) is -1.08. The maximum absolute atomic E-state index is 11.7. The van der Waals surface area contributed by atoms with E-state index >= 15 is 0 Å². The molecular weight excluding hydrogens is 291 g/mol. The van der Waals surface area contributed by atoms with Gasteiger partial charge in [0.25, 0.3) is 0 Å². The summed E-state index contributed by atoms with van der Waals surface area (Å²) in [6.07, 6.45) is 0.989. The van der Waals surface area contributed by atoms with Gasteiger partial charge in [-0.3, -0.25) is 0 Å². The van der Waals surface area contributed by atoms with E-state index in [1.165, 1.54) is 0 Å². The van der Waals surface area contributed by atoms with Crippen LogP contribution in [0.1, 0.15) is 19.8 Å². The quantitative estimate of drug-likeness (QED) is 0.780. The van der Waals surface area contributed by atoms with Crippen molar-refractivity contribution in [2.24, 2.45) is 0 Å². The van der Waals surface area contributed by atoms with Crippen molar-refractivity contribution in [3.05, 3.63) is 28.2 Å². The molecule has 1 atom stereocenters. The number of anilines is 1. The zero-order chi connectivity index (χ0) is 14.4. The van der Waals surface area contributed by atoms with Crippen molar-refractivity contribution in [1.29, 1.82) is 0 Å². The Morgan fingerprint density at radius 1 is 1.32 bits per heavy atom. The average molecular weight is 305 g/mol. The molecule has 1 unspecified atom stereocenters. The Morgan fingerprint density at radius 3 is 2.37 bits per heavy atom. The molecule has 104 valence electrons. The highest BCUT2D eigenvalue weighted by Crippen LogP contribution is 2.29. The first-order valence-corrected chi connectivity index (χ1v) is 6.45. The minimum atomic E-state index is -1.08. The van der Waals surface area contributed by atoms with E-state index in [9.17, 15) is 9.59 Å². The summed E-state index contributed by atoms with van der Waals surface area (Å²) in [4.78, 5) is 22.6. The lowest BCUT2D eigenvalue weighted by molar-refractivity contribution is -0.139. The van der Waals surface area contributed by atoms with Crippen LogP contribution in [-0.2, 0) is 4.79 Å². The molecule has 1 rings (SSSR count). The van der Waals surface area contributed by atoms with Crippen LogP contribution in [0.5, 0.6) is 0 Å². The summed E-state index contributed by atoms with van der Waals surface area (Å²) < 4.78 is 0. The van der Waals surface area contributed by atoms with Crippen LogP contribution in [0.2, 0.25) is 10.0 Å². The van der Waals surface area contributed by atoms with E-state index in [1.807, 2.05) is 6.92 Å². The van der Waals surface area contributed by atoms with Crippen LogP contribution >= 0.6 is 23.2 Å². The molecule has 0 heterocycles. The van der Waals surface area contributed by atoms with Gasteiger partial charge in [-0.25, -0.2) is 9.59 Å². The van der Waals surface area contributed by atoms with Gasteiger partial charge in [0.2, 0.25) is 0 Å². The molecule has 0 saturated heterocycles. The molecule has 0 aliphatic carbocycles. The number of carbonyl (C=O) groups is 2. The van der Waals surface area contributed by atoms with Gasteiger partial charge < -0.3 is 15.7 Å². The number of rotatable bonds is 5. The molecule has 2 amide bonds. The Bertz CT molecular complexity index is 460. The highest BCUT2D eigenvalue weighted by atomic mass is 35.5. The second kappa shape index (κ2) is 7.21. The van der Waals surface area contributed by atoms with Crippen LogP contribution < -0.4 is 10.6 Å². The second-order valence-corrected chi connectivity index (χ2v) is 4.69. The molecule has 0 aliphatic heterocycles. The summed E-state index contributed by atoms with van der Waals surface area (Å²) >= 11 is 11.8. The van der Waals surface area contributed by atoms with E-state index in [0.717, 1.165) is 0 Å². The molecular formula is C12H14Cl2N2O3. The minimum absolute atomic E-state index is 0.254. The third kappa shape index (κ3) is 4.61. The maximum Gasteiger partial charge on any atom is 0.326 e. The number of amides is 2. The van der Waals surface area contributed by atoms with Gasteiger partial charge in [-0.1, -0.05) is 42.6 Å². The molecule has 1 aromatic carbocycles. The number of carbonyl (C=O) groups excluding carboxylic acids is 1. The van der Waals surface area contributed by atoms with Crippen LogP contribution in [-0.4, -0.2) is 23.1 Å². The lowest BCUT2D eigenvalue weighted by Gasteiger charge is -2.15. The van der Waals surface area contributed by atoms with E-state index < -0.39 is 18.0 Å². The Hall–Kier alpha value is -1.46. The molecule has 1 aromatic rings. The fraction of sp³-hybridized carbons (Fsp3) is 0.333. The number of carboxylic acids is 1. The summed E-state index contributed by atoms with van der Waals surface area (Å²) in [7, 11) is 0. The normalized spacial score (nSPS) is 11.7. The number of urea groups is 1. The molecule has 0 radical (unpaired) electrons. The summed E-state index contributed by atoms with van der Waals surface area (Å²) in [5, 5.41) is 14.3. The van der Waals surface area contributed by atoms with Gasteiger partial charge in [-0.2, -0.15) is 0 Å². The molecule has 5 nitrogen and oxygen atoms in total. The van der Waals surface area contributed by atoms with E-state index in [-0.39, 0.29) is 15.7 Å². The van der Waals surface area contributed by atoms with E-state index in [1.54, 1.807) is 18.2 Å². The lowest BCUT2D eigenvalue weighted by atomic mass is 10.2. The van der Waals surface area contributed by atoms with Gasteiger partial charge in [-0.05, 0) is 18.6 Å². The first-order valence-electron chi connectivity index (χ1n) is 5.70. The minimum Gasteiger partial charge on any atom is -0.480 e. The Labute approximate surface area is 120 Å². The number of carboxylic acid groups (broad SMARTS) is 1. The predicted molar refractivity (Wildman–Crippen MR) is 74.9 cm³/mol. The third-order valence-electron chi connectivity index (χ3n) is 2.38. The lowest BCUT2D eigenvalue weighted by Crippen LogP contribution is -2.42. The molecule has 19 heavy (non-hydrogen) atoms. The van der Waals surface area contributed by atoms with E-state index in [2.05, 4.69) is 10.6 Å². The highest BCUT2D eigenvalue weighted by Gasteiger charge is 2.19. The largest absolute Gasteiger partial charge is 0.480 e. The van der Waals surface area contributed by atoms with Gasteiger partial charge in [-0.15, -0.1) is 0 Å². The number of hydrogen-bond donors (Lipinski definition) is 3. The maximum atomic E-state index is 11.7. The number of para-hydroxylation sites is 1. The number of aliphatic carboxylic acids is 1.